The fourth-order valence-corrected chi connectivity index (χ4v) is 11.3. The lowest BCUT2D eigenvalue weighted by Crippen LogP contribution is -2.01. The smallest absolute Gasteiger partial charge is 0.0541 e. The fourth-order valence-electron chi connectivity index (χ4n) is 11.3. The van der Waals surface area contributed by atoms with Gasteiger partial charge in [-0.05, 0) is 125 Å². The van der Waals surface area contributed by atoms with Crippen LogP contribution < -0.4 is 0 Å². The summed E-state index contributed by atoms with van der Waals surface area (Å²) in [6.45, 7) is 8.63. The molecule has 0 aliphatic heterocycles. The molecule has 0 fully saturated rings. The Bertz CT molecular complexity index is 4080. The van der Waals surface area contributed by atoms with Gasteiger partial charge >= 0.3 is 0 Å². The van der Waals surface area contributed by atoms with Crippen molar-refractivity contribution in [3.63, 3.8) is 0 Å². The zero-order valence-corrected chi connectivity index (χ0v) is 37.4. The van der Waals surface area contributed by atoms with Gasteiger partial charge in [0.15, 0.2) is 0 Å². The second-order valence-corrected chi connectivity index (χ2v) is 17.6. The predicted molar refractivity (Wildman–Crippen MR) is 292 cm³/mol. The van der Waals surface area contributed by atoms with Crippen LogP contribution in [0.1, 0.15) is 11.3 Å². The van der Waals surface area contributed by atoms with Crippen molar-refractivity contribution < 1.29 is 0 Å². The Labute approximate surface area is 395 Å². The molecule has 0 saturated carbocycles. The van der Waals surface area contributed by atoms with Crippen LogP contribution in [0.15, 0.2) is 244 Å². The first-order chi connectivity index (χ1) is 33.7. The van der Waals surface area contributed by atoms with Gasteiger partial charge in [0.25, 0.3) is 0 Å². The largest absolute Gasteiger partial charge is 0.309 e. The van der Waals surface area contributed by atoms with Crippen LogP contribution in [0, 0.1) is 0 Å². The maximum absolute atomic E-state index is 4.35. The monoisotopic (exact) mass is 864 g/mol. The molecular weight excluding hydrogens is 821 g/mol. The second kappa shape index (κ2) is 15.9. The van der Waals surface area contributed by atoms with E-state index in [1.165, 1.54) is 76.4 Å². The topological polar surface area (TPSA) is 9.86 Å². The minimum absolute atomic E-state index is 1.02. The van der Waals surface area contributed by atoms with E-state index >= 15 is 0 Å². The summed E-state index contributed by atoms with van der Waals surface area (Å²) in [7, 11) is 0. The number of fused-ring (bicyclic) bond motifs is 10. The SMILES string of the molecule is C=Cc1c(C=C)n(-c2ccc3c4ccc(-n5c6ccccc6c6ccccc65)cc4c4c(-c5ccccc5)c(-c5ccccc5)c(-c5ccccc5)c(-c5ccccc5)c4c3c2)c2ccccc12. The van der Waals surface area contributed by atoms with Gasteiger partial charge in [0.1, 0.15) is 0 Å². The van der Waals surface area contributed by atoms with Crippen molar-refractivity contribution in [3.8, 4) is 55.9 Å². The number of aromatic nitrogens is 2. The summed E-state index contributed by atoms with van der Waals surface area (Å²) in [4.78, 5) is 0. The molecule has 2 heterocycles. The van der Waals surface area contributed by atoms with Crippen molar-refractivity contribution in [1.29, 1.82) is 0 Å². The molecule has 11 aromatic carbocycles. The van der Waals surface area contributed by atoms with Gasteiger partial charge in [0.2, 0.25) is 0 Å². The van der Waals surface area contributed by atoms with Gasteiger partial charge < -0.3 is 9.13 Å². The normalized spacial score (nSPS) is 11.6. The molecule has 2 heteroatoms. The Balaban J connectivity index is 1.31. The molecule has 0 atom stereocenters. The Hall–Kier alpha value is -8.98. The summed E-state index contributed by atoms with van der Waals surface area (Å²) in [5.74, 6) is 0. The van der Waals surface area contributed by atoms with Crippen LogP contribution in [0.4, 0.5) is 0 Å². The maximum Gasteiger partial charge on any atom is 0.0541 e. The highest BCUT2D eigenvalue weighted by Crippen LogP contribution is 2.55. The molecule has 0 unspecified atom stereocenters. The molecule has 0 aliphatic rings. The van der Waals surface area contributed by atoms with Gasteiger partial charge in [-0.3, -0.25) is 0 Å². The molecule has 2 aromatic heterocycles. The molecule has 13 rings (SSSR count). The Morgan fingerprint density at radius 1 is 0.279 bits per heavy atom. The number of benzene rings is 11. The van der Waals surface area contributed by atoms with Crippen LogP contribution >= 0.6 is 0 Å². The molecule has 0 amide bonds. The summed E-state index contributed by atoms with van der Waals surface area (Å²) in [6, 6.07) is 84.6. The summed E-state index contributed by atoms with van der Waals surface area (Å²) in [5, 5.41) is 10.8. The Morgan fingerprint density at radius 3 is 1.04 bits per heavy atom. The highest BCUT2D eigenvalue weighted by Gasteiger charge is 2.28. The lowest BCUT2D eigenvalue weighted by atomic mass is 9.76. The summed E-state index contributed by atoms with van der Waals surface area (Å²) in [6.07, 6.45) is 3.93. The lowest BCUT2D eigenvalue weighted by molar-refractivity contribution is 1.11. The van der Waals surface area contributed by atoms with Gasteiger partial charge in [-0.1, -0.05) is 207 Å². The maximum atomic E-state index is 4.35. The Kier molecular flexibility index (Phi) is 9.19. The predicted octanol–water partition coefficient (Wildman–Crippen LogP) is 18.1. The lowest BCUT2D eigenvalue weighted by Gasteiger charge is -2.27. The third-order valence-electron chi connectivity index (χ3n) is 14.0. The zero-order chi connectivity index (χ0) is 45.3. The van der Waals surface area contributed by atoms with Crippen LogP contribution in [-0.4, -0.2) is 9.13 Å². The minimum atomic E-state index is 1.02. The number of hydrogen-bond donors (Lipinski definition) is 0. The molecule has 0 radical (unpaired) electrons. The molecule has 68 heavy (non-hydrogen) atoms. The van der Waals surface area contributed by atoms with E-state index in [1.54, 1.807) is 0 Å². The molecule has 0 aliphatic carbocycles. The van der Waals surface area contributed by atoms with Crippen molar-refractivity contribution in [3.05, 3.63) is 255 Å². The molecule has 0 spiro atoms. The number of rotatable bonds is 8. The highest BCUT2D eigenvalue weighted by atomic mass is 15.0. The van der Waals surface area contributed by atoms with Crippen molar-refractivity contribution in [1.82, 2.24) is 9.13 Å². The van der Waals surface area contributed by atoms with E-state index in [2.05, 4.69) is 253 Å². The zero-order valence-electron chi connectivity index (χ0n) is 37.4. The minimum Gasteiger partial charge on any atom is -0.309 e. The third kappa shape index (κ3) is 5.91. The van der Waals surface area contributed by atoms with E-state index in [9.17, 15) is 0 Å². The highest BCUT2D eigenvalue weighted by molar-refractivity contribution is 6.35. The van der Waals surface area contributed by atoms with Gasteiger partial charge in [-0.2, -0.15) is 0 Å². The van der Waals surface area contributed by atoms with Gasteiger partial charge in [-0.15, -0.1) is 0 Å². The molecular formula is C66H44N2. The van der Waals surface area contributed by atoms with Gasteiger partial charge in [0, 0.05) is 33.1 Å². The quantitative estimate of drug-likeness (QED) is 0.135. The molecule has 0 saturated heterocycles. The summed E-state index contributed by atoms with van der Waals surface area (Å²) in [5.41, 5.74) is 17.2. The number of hydrogen-bond acceptors (Lipinski definition) is 0. The molecule has 0 bridgehead atoms. The molecule has 2 nitrogen and oxygen atoms in total. The molecule has 0 N–H and O–H groups in total. The van der Waals surface area contributed by atoms with Crippen LogP contribution in [0.3, 0.4) is 0 Å². The van der Waals surface area contributed by atoms with E-state index in [0.29, 0.717) is 0 Å². The van der Waals surface area contributed by atoms with Crippen molar-refractivity contribution in [2.24, 2.45) is 0 Å². The fraction of sp³-hybridized carbons (Fsp3) is 0. The number of para-hydroxylation sites is 3. The van der Waals surface area contributed by atoms with E-state index in [0.717, 1.165) is 55.8 Å². The Morgan fingerprint density at radius 2 is 0.632 bits per heavy atom. The average molecular weight is 865 g/mol. The van der Waals surface area contributed by atoms with Crippen molar-refractivity contribution in [2.75, 3.05) is 0 Å². The average Bonchev–Trinajstić information content (AvgIpc) is 3.93. The van der Waals surface area contributed by atoms with E-state index in [-0.39, 0.29) is 0 Å². The van der Waals surface area contributed by atoms with Crippen LogP contribution in [0.2, 0.25) is 0 Å². The van der Waals surface area contributed by atoms with Gasteiger partial charge in [-0.25, -0.2) is 0 Å². The first-order valence-electron chi connectivity index (χ1n) is 23.3. The first-order valence-corrected chi connectivity index (χ1v) is 23.3. The van der Waals surface area contributed by atoms with Crippen LogP contribution in [0.5, 0.6) is 0 Å². The number of nitrogens with zero attached hydrogens (tertiary/aromatic N) is 2. The van der Waals surface area contributed by atoms with Crippen LogP contribution in [-0.2, 0) is 0 Å². The van der Waals surface area contributed by atoms with Gasteiger partial charge in [0.05, 0.1) is 22.2 Å². The second-order valence-electron chi connectivity index (χ2n) is 17.6. The first kappa shape index (κ1) is 39.4. The van der Waals surface area contributed by atoms with Crippen molar-refractivity contribution >= 4 is 77.2 Å². The van der Waals surface area contributed by atoms with Crippen molar-refractivity contribution in [2.45, 2.75) is 0 Å². The molecule has 318 valence electrons. The van der Waals surface area contributed by atoms with Crippen LogP contribution in [0.25, 0.3) is 133 Å². The molecule has 13 aromatic rings. The van der Waals surface area contributed by atoms with E-state index in [4.69, 9.17) is 0 Å². The summed E-state index contributed by atoms with van der Waals surface area (Å²) < 4.78 is 4.81. The standard InChI is InChI=1S/C66H44N2/c1-3-49-52-31-17-20-34-58(52)67(57(49)4-2)47-37-39-50-51-40-38-48(68-59-35-21-18-32-53(59)54-33-19-22-36-60(54)68)42-56(51)66-64(46-29-15-8-16-30-46)62(44-25-11-6-12-26-44)61(43-23-9-5-10-24-43)63(65(66)55(50)41-47)45-27-13-7-14-28-45/h3-42H,1-2H2. The van der Waals surface area contributed by atoms with E-state index < -0.39 is 0 Å². The summed E-state index contributed by atoms with van der Waals surface area (Å²) >= 11 is 0. The third-order valence-corrected chi connectivity index (χ3v) is 14.0. The van der Waals surface area contributed by atoms with E-state index in [1.807, 2.05) is 12.2 Å².